The Morgan fingerprint density at radius 2 is 2.04 bits per heavy atom. The van der Waals surface area contributed by atoms with E-state index in [9.17, 15) is 13.2 Å². The quantitative estimate of drug-likeness (QED) is 0.747. The Hall–Kier alpha value is -1.38. The Bertz CT molecular complexity index is 729. The number of nitrogens with zero attached hydrogens (tertiary/aromatic N) is 2. The van der Waals surface area contributed by atoms with Crippen LogP contribution < -0.4 is 11.1 Å². The van der Waals surface area contributed by atoms with Gasteiger partial charge in [0.05, 0.1) is 5.54 Å². The molecule has 1 fully saturated rings. The molecule has 1 aliphatic heterocycles. The first-order chi connectivity index (χ1) is 12.2. The summed E-state index contributed by atoms with van der Waals surface area (Å²) >= 11 is 0. The second-order valence-electron chi connectivity index (χ2n) is 7.43. The molecule has 0 saturated carbocycles. The van der Waals surface area contributed by atoms with Gasteiger partial charge in [0, 0.05) is 32.9 Å². The average molecular weight is 385 g/mol. The summed E-state index contributed by atoms with van der Waals surface area (Å²) in [6.07, 6.45) is 4.86. The number of hydrogen-bond acceptors (Lipinski definition) is 4. The number of carbonyl (C=O) groups is 1. The molecule has 0 aliphatic carbocycles. The van der Waals surface area contributed by atoms with Gasteiger partial charge in [0.15, 0.2) is 0 Å². The van der Waals surface area contributed by atoms with E-state index in [4.69, 9.17) is 5.73 Å². The molecule has 1 aliphatic rings. The lowest BCUT2D eigenvalue weighted by Crippen LogP contribution is -2.53. The molecule has 3 N–H and O–H groups in total. The SMILES string of the molecule is CCC(CC)(CN)NC(=O)c1cc(S(=O)(=O)N2CCCC(C)C2)cn1C. The smallest absolute Gasteiger partial charge is 0.268 e. The lowest BCUT2D eigenvalue weighted by Gasteiger charge is -2.31. The largest absolute Gasteiger partial charge is 0.345 e. The number of sulfonamides is 1. The van der Waals surface area contributed by atoms with E-state index in [1.165, 1.54) is 16.6 Å². The number of aromatic nitrogens is 1. The van der Waals surface area contributed by atoms with Crippen molar-refractivity contribution in [2.45, 2.75) is 56.9 Å². The lowest BCUT2D eigenvalue weighted by atomic mass is 9.93. The maximum absolute atomic E-state index is 12.9. The molecule has 26 heavy (non-hydrogen) atoms. The second-order valence-corrected chi connectivity index (χ2v) is 9.37. The van der Waals surface area contributed by atoms with Crippen LogP contribution in [0.2, 0.25) is 0 Å². The van der Waals surface area contributed by atoms with Gasteiger partial charge >= 0.3 is 0 Å². The molecule has 0 bridgehead atoms. The van der Waals surface area contributed by atoms with Crippen LogP contribution in [0.5, 0.6) is 0 Å². The van der Waals surface area contributed by atoms with Crippen LogP contribution in [0.25, 0.3) is 0 Å². The highest BCUT2D eigenvalue weighted by Crippen LogP contribution is 2.25. The van der Waals surface area contributed by atoms with Crippen molar-refractivity contribution in [3.05, 3.63) is 18.0 Å². The first kappa shape index (κ1) is 20.9. The standard InChI is InChI=1S/C18H32N4O3S/c1-5-18(6-2,13-19)20-17(23)16-10-15(12-21(16)4)26(24,25)22-9-7-8-14(3)11-22/h10,12,14H,5-9,11,13,19H2,1-4H3,(H,20,23). The van der Waals surface area contributed by atoms with Gasteiger partial charge in [-0.2, -0.15) is 4.31 Å². The molecule has 0 aromatic carbocycles. The minimum Gasteiger partial charge on any atom is -0.345 e. The van der Waals surface area contributed by atoms with Gasteiger partial charge in [-0.25, -0.2) is 8.42 Å². The zero-order valence-corrected chi connectivity index (χ0v) is 17.1. The van der Waals surface area contributed by atoms with Crippen molar-refractivity contribution in [2.75, 3.05) is 19.6 Å². The van der Waals surface area contributed by atoms with Crippen LogP contribution >= 0.6 is 0 Å². The second kappa shape index (κ2) is 8.10. The molecule has 148 valence electrons. The molecule has 1 aromatic rings. The predicted molar refractivity (Wildman–Crippen MR) is 102 cm³/mol. The van der Waals surface area contributed by atoms with E-state index < -0.39 is 15.6 Å². The number of piperidine rings is 1. The van der Waals surface area contributed by atoms with Crippen LogP contribution in [0.4, 0.5) is 0 Å². The van der Waals surface area contributed by atoms with E-state index in [-0.39, 0.29) is 10.8 Å². The van der Waals surface area contributed by atoms with Crippen LogP contribution in [0, 0.1) is 5.92 Å². The summed E-state index contributed by atoms with van der Waals surface area (Å²) in [5.74, 6) is 0.0550. The highest BCUT2D eigenvalue weighted by atomic mass is 32.2. The van der Waals surface area contributed by atoms with E-state index in [0.29, 0.717) is 44.1 Å². The van der Waals surface area contributed by atoms with Gasteiger partial charge in [-0.1, -0.05) is 20.8 Å². The Morgan fingerprint density at radius 3 is 2.58 bits per heavy atom. The third-order valence-electron chi connectivity index (χ3n) is 5.59. The van der Waals surface area contributed by atoms with E-state index in [1.54, 1.807) is 11.6 Å². The van der Waals surface area contributed by atoms with E-state index in [0.717, 1.165) is 12.8 Å². The number of nitrogens with one attached hydrogen (secondary N) is 1. The number of aryl methyl sites for hydroxylation is 1. The van der Waals surface area contributed by atoms with Crippen molar-refractivity contribution in [1.82, 2.24) is 14.2 Å². The maximum atomic E-state index is 12.9. The van der Waals surface area contributed by atoms with E-state index in [1.807, 2.05) is 13.8 Å². The topological polar surface area (TPSA) is 97.4 Å². The van der Waals surface area contributed by atoms with Crippen molar-refractivity contribution in [1.29, 1.82) is 0 Å². The first-order valence-electron chi connectivity index (χ1n) is 9.38. The molecule has 1 atom stereocenters. The van der Waals surface area contributed by atoms with Gasteiger partial charge in [0.1, 0.15) is 10.6 Å². The monoisotopic (exact) mass is 384 g/mol. The van der Waals surface area contributed by atoms with Gasteiger partial charge < -0.3 is 15.6 Å². The van der Waals surface area contributed by atoms with Gasteiger partial charge in [-0.05, 0) is 37.7 Å². The Labute approximate surface area is 157 Å². The summed E-state index contributed by atoms with van der Waals surface area (Å²) in [6.45, 7) is 7.43. The minimum absolute atomic E-state index is 0.172. The molecule has 0 radical (unpaired) electrons. The zero-order chi connectivity index (χ0) is 19.5. The third-order valence-corrected chi connectivity index (χ3v) is 7.42. The summed E-state index contributed by atoms with van der Waals surface area (Å²) < 4.78 is 29.0. The fourth-order valence-corrected chi connectivity index (χ4v) is 5.16. The molecule has 1 aromatic heterocycles. The molecule has 8 heteroatoms. The lowest BCUT2D eigenvalue weighted by molar-refractivity contribution is 0.0887. The van der Waals surface area contributed by atoms with Crippen LogP contribution in [-0.2, 0) is 17.1 Å². The number of nitrogens with two attached hydrogens (primary N) is 1. The summed E-state index contributed by atoms with van der Waals surface area (Å²) in [5, 5.41) is 2.99. The van der Waals surface area contributed by atoms with Crippen molar-refractivity contribution in [2.24, 2.45) is 18.7 Å². The summed E-state index contributed by atoms with van der Waals surface area (Å²) in [4.78, 5) is 12.9. The molecule has 0 spiro atoms. The fourth-order valence-electron chi connectivity index (χ4n) is 3.49. The van der Waals surface area contributed by atoms with Crippen molar-refractivity contribution in [3.63, 3.8) is 0 Å². The Morgan fingerprint density at radius 1 is 1.38 bits per heavy atom. The van der Waals surface area contributed by atoms with Gasteiger partial charge in [-0.3, -0.25) is 4.79 Å². The predicted octanol–water partition coefficient (Wildman–Crippen LogP) is 1.69. The zero-order valence-electron chi connectivity index (χ0n) is 16.3. The average Bonchev–Trinajstić information content (AvgIpc) is 3.02. The molecular formula is C18H32N4O3S. The van der Waals surface area contributed by atoms with Crippen LogP contribution in [0.3, 0.4) is 0 Å². The number of hydrogen-bond donors (Lipinski definition) is 2. The summed E-state index contributed by atoms with van der Waals surface area (Å²) in [7, 11) is -1.89. The first-order valence-corrected chi connectivity index (χ1v) is 10.8. The number of rotatable bonds is 7. The van der Waals surface area contributed by atoms with Crippen LogP contribution in [0.1, 0.15) is 56.9 Å². The minimum atomic E-state index is -3.58. The van der Waals surface area contributed by atoms with Crippen LogP contribution in [-0.4, -0.2) is 48.4 Å². The van der Waals surface area contributed by atoms with Gasteiger partial charge in [-0.15, -0.1) is 0 Å². The molecule has 2 heterocycles. The molecule has 1 saturated heterocycles. The molecule has 7 nitrogen and oxygen atoms in total. The van der Waals surface area contributed by atoms with Crippen molar-refractivity contribution >= 4 is 15.9 Å². The number of carbonyl (C=O) groups excluding carboxylic acids is 1. The highest BCUT2D eigenvalue weighted by Gasteiger charge is 2.32. The van der Waals surface area contributed by atoms with Crippen molar-refractivity contribution in [3.8, 4) is 0 Å². The summed E-state index contributed by atoms with van der Waals surface area (Å²) in [6, 6.07) is 1.47. The Kier molecular flexibility index (Phi) is 6.52. The molecule has 1 amide bonds. The molecule has 1 unspecified atom stereocenters. The number of amides is 1. The van der Waals surface area contributed by atoms with E-state index in [2.05, 4.69) is 12.2 Å². The Balaban J connectivity index is 2.26. The van der Waals surface area contributed by atoms with Crippen LogP contribution in [0.15, 0.2) is 17.2 Å². The normalized spacial score (nSPS) is 19.5. The fraction of sp³-hybridized carbons (Fsp3) is 0.722. The molecule has 2 rings (SSSR count). The summed E-state index contributed by atoms with van der Waals surface area (Å²) in [5.41, 5.74) is 5.71. The molecular weight excluding hydrogens is 352 g/mol. The van der Waals surface area contributed by atoms with Crippen molar-refractivity contribution < 1.29 is 13.2 Å². The maximum Gasteiger partial charge on any atom is 0.268 e. The third kappa shape index (κ3) is 4.13. The van der Waals surface area contributed by atoms with Gasteiger partial charge in [0.2, 0.25) is 10.0 Å². The van der Waals surface area contributed by atoms with Gasteiger partial charge in [0.25, 0.3) is 5.91 Å². The van der Waals surface area contributed by atoms with E-state index >= 15 is 0 Å². The highest BCUT2D eigenvalue weighted by molar-refractivity contribution is 7.89.